The van der Waals surface area contributed by atoms with Crippen LogP contribution < -0.4 is 5.73 Å². The summed E-state index contributed by atoms with van der Waals surface area (Å²) in [6.07, 6.45) is 8.24. The molecule has 0 amide bonds. The zero-order chi connectivity index (χ0) is 36.4. The number of hydrogen-bond donors (Lipinski definition) is 7. The van der Waals surface area contributed by atoms with E-state index in [1.807, 2.05) is 18.2 Å². The summed E-state index contributed by atoms with van der Waals surface area (Å²) >= 11 is 0. The maximum Gasteiger partial charge on any atom is 0.330 e. The van der Waals surface area contributed by atoms with Crippen LogP contribution in [0.25, 0.3) is 0 Å². The molecule has 4 rings (SSSR count). The van der Waals surface area contributed by atoms with Crippen molar-refractivity contribution in [3.8, 4) is 0 Å². The summed E-state index contributed by atoms with van der Waals surface area (Å²) in [7, 11) is 0. The van der Waals surface area contributed by atoms with Crippen molar-refractivity contribution in [1.82, 2.24) is 0 Å². The van der Waals surface area contributed by atoms with Crippen LogP contribution >= 0.6 is 0 Å². The van der Waals surface area contributed by atoms with Crippen molar-refractivity contribution in [3.05, 3.63) is 60.8 Å². The predicted octanol–water partition coefficient (Wildman–Crippen LogP) is 1.29. The van der Waals surface area contributed by atoms with Crippen LogP contribution in [0, 0.1) is 5.92 Å². The molecule has 3 fully saturated rings. The molecule has 0 aromatic rings. The average Bonchev–Trinajstić information content (AvgIpc) is 3.78. The van der Waals surface area contributed by atoms with Crippen molar-refractivity contribution in [2.24, 2.45) is 11.7 Å². The van der Waals surface area contributed by atoms with E-state index >= 15 is 0 Å². The van der Waals surface area contributed by atoms with Gasteiger partial charge in [0.15, 0.2) is 12.1 Å². The number of cyclic esters (lactones) is 1. The fourth-order valence-electron chi connectivity index (χ4n) is 6.54. The number of esters is 1. The third-order valence-electron chi connectivity index (χ3n) is 9.35. The van der Waals surface area contributed by atoms with Gasteiger partial charge < -0.3 is 60.1 Å². The van der Waals surface area contributed by atoms with E-state index in [1.54, 1.807) is 43.4 Å². The summed E-state index contributed by atoms with van der Waals surface area (Å²) in [5.74, 6) is -5.41. The largest absolute Gasteiger partial charge is 0.481 e. The molecule has 280 valence electrons. The molecular formula is C36H53NO13. The third-order valence-corrected chi connectivity index (χ3v) is 9.35. The van der Waals surface area contributed by atoms with Gasteiger partial charge in [-0.1, -0.05) is 68.4 Å². The lowest BCUT2D eigenvalue weighted by molar-refractivity contribution is -0.308. The van der Waals surface area contributed by atoms with E-state index in [2.05, 4.69) is 6.92 Å². The molecule has 4 aliphatic rings. The van der Waals surface area contributed by atoms with Gasteiger partial charge in [-0.15, -0.1) is 0 Å². The molecule has 0 aliphatic carbocycles. The van der Waals surface area contributed by atoms with E-state index in [9.17, 15) is 40.2 Å². The first-order valence-corrected chi connectivity index (χ1v) is 17.4. The Bertz CT molecular complexity index is 1270. The second-order valence-corrected chi connectivity index (χ2v) is 13.5. The highest BCUT2D eigenvalue weighted by Crippen LogP contribution is 2.39. The first-order valence-electron chi connectivity index (χ1n) is 17.4. The molecule has 50 heavy (non-hydrogen) atoms. The highest BCUT2D eigenvalue weighted by atomic mass is 16.7. The lowest BCUT2D eigenvalue weighted by Crippen LogP contribution is -2.61. The first kappa shape index (κ1) is 40.0. The van der Waals surface area contributed by atoms with Crippen LogP contribution in [0.2, 0.25) is 0 Å². The molecule has 4 heterocycles. The third kappa shape index (κ3) is 11.6. The lowest BCUT2D eigenvalue weighted by Gasteiger charge is -2.45. The second kappa shape index (κ2) is 18.6. The molecule has 14 heteroatoms. The SMILES string of the molecule is CCCCC1C\C=C/C=C/C=C/C=C/C(OC2OC(C)C(O)C(N)C2O)CC2OC(O)(CC(O)CC3OC3/C=C\C(=O)O1)CC(O)C2C(=O)O. The summed E-state index contributed by atoms with van der Waals surface area (Å²) in [4.78, 5) is 24.8. The fraction of sp³-hybridized carbons (Fsp3) is 0.667. The number of carbonyl (C=O) groups is 2. The lowest BCUT2D eigenvalue weighted by atomic mass is 9.83. The van der Waals surface area contributed by atoms with E-state index in [0.717, 1.165) is 19.3 Å². The Kier molecular flexibility index (Phi) is 14.9. The number of allylic oxidation sites excluding steroid dienone is 6. The van der Waals surface area contributed by atoms with E-state index in [1.165, 1.54) is 6.08 Å². The van der Waals surface area contributed by atoms with Gasteiger partial charge in [-0.25, -0.2) is 4.79 Å². The number of fused-ring (bicyclic) bond motifs is 3. The number of hydrogen-bond acceptors (Lipinski definition) is 13. The van der Waals surface area contributed by atoms with Crippen LogP contribution in [0.15, 0.2) is 60.8 Å². The van der Waals surface area contributed by atoms with Crippen molar-refractivity contribution in [3.63, 3.8) is 0 Å². The maximum absolute atomic E-state index is 12.5. The quantitative estimate of drug-likeness (QED) is 0.152. The molecule has 14 unspecified atom stereocenters. The Hall–Kier alpha value is -2.76. The van der Waals surface area contributed by atoms with E-state index in [0.29, 0.717) is 6.42 Å². The number of aliphatic hydroxyl groups excluding tert-OH is 4. The standard InChI is InChI=1S/C36H53NO13/c1-3-4-12-23-13-10-8-6-5-7-9-11-14-24(48-35-33(42)31(37)32(41)21(2)46-35)18-28-30(34(43)44)25(39)20-36(45,50-28)19-22(38)17-27-26(49-27)15-16-29(40)47-23/h5-11,14-16,21-28,30-33,35,38-39,41-42,45H,3-4,12-13,17-20,37H2,1-2H3,(H,43,44)/b6-5+,9-7+,10-8-,14-11+,16-15-. The molecule has 0 radical (unpaired) electrons. The monoisotopic (exact) mass is 707 g/mol. The van der Waals surface area contributed by atoms with Gasteiger partial charge in [0, 0.05) is 38.2 Å². The summed E-state index contributed by atoms with van der Waals surface area (Å²) in [6.45, 7) is 3.64. The van der Waals surface area contributed by atoms with Gasteiger partial charge in [-0.3, -0.25) is 4.79 Å². The number of rotatable bonds is 6. The molecule has 0 aromatic carbocycles. The number of epoxide rings is 1. The van der Waals surface area contributed by atoms with Gasteiger partial charge >= 0.3 is 11.9 Å². The number of unbranched alkanes of at least 4 members (excludes halogenated alkanes) is 1. The Morgan fingerprint density at radius 1 is 0.980 bits per heavy atom. The number of aliphatic hydroxyl groups is 5. The second-order valence-electron chi connectivity index (χ2n) is 13.5. The van der Waals surface area contributed by atoms with Crippen LogP contribution in [0.4, 0.5) is 0 Å². The molecule has 2 bridgehead atoms. The van der Waals surface area contributed by atoms with Gasteiger partial charge in [0.2, 0.25) is 0 Å². The van der Waals surface area contributed by atoms with Gasteiger partial charge in [0.05, 0.1) is 48.8 Å². The number of carbonyl (C=O) groups excluding carboxylic acids is 1. The number of aliphatic carboxylic acids is 1. The van der Waals surface area contributed by atoms with Gasteiger partial charge in [-0.2, -0.15) is 0 Å². The van der Waals surface area contributed by atoms with Crippen LogP contribution in [0.5, 0.6) is 0 Å². The molecule has 4 aliphatic heterocycles. The molecular weight excluding hydrogens is 654 g/mol. The van der Waals surface area contributed by atoms with Crippen molar-refractivity contribution in [2.75, 3.05) is 0 Å². The Balaban J connectivity index is 1.58. The highest BCUT2D eigenvalue weighted by molar-refractivity contribution is 5.82. The minimum absolute atomic E-state index is 0.0816. The summed E-state index contributed by atoms with van der Waals surface area (Å²) in [6, 6.07) is -1.08. The maximum atomic E-state index is 12.5. The van der Waals surface area contributed by atoms with Gasteiger partial charge in [-0.05, 0) is 19.4 Å². The van der Waals surface area contributed by atoms with Crippen molar-refractivity contribution in [1.29, 1.82) is 0 Å². The fourth-order valence-corrected chi connectivity index (χ4v) is 6.54. The Morgan fingerprint density at radius 3 is 2.42 bits per heavy atom. The topological polar surface area (TPSA) is 231 Å². The van der Waals surface area contributed by atoms with Crippen LogP contribution in [0.3, 0.4) is 0 Å². The number of carboxylic acids is 1. The van der Waals surface area contributed by atoms with Crippen LogP contribution in [-0.4, -0.2) is 122 Å². The normalized spacial score (nSPS) is 45.1. The Morgan fingerprint density at radius 2 is 1.70 bits per heavy atom. The first-order chi connectivity index (χ1) is 23.8. The Labute approximate surface area is 292 Å². The number of nitrogens with two attached hydrogens (primary N) is 1. The highest BCUT2D eigenvalue weighted by Gasteiger charge is 2.51. The minimum atomic E-state index is -2.10. The van der Waals surface area contributed by atoms with Crippen molar-refractivity contribution in [2.45, 2.75) is 144 Å². The molecule has 0 aromatic heterocycles. The van der Waals surface area contributed by atoms with Crippen molar-refractivity contribution < 1.29 is 63.9 Å². The summed E-state index contributed by atoms with van der Waals surface area (Å²) in [5.41, 5.74) is 6.00. The smallest absolute Gasteiger partial charge is 0.330 e. The molecule has 14 atom stereocenters. The molecule has 0 spiro atoms. The summed E-state index contributed by atoms with van der Waals surface area (Å²) < 4.78 is 29.0. The number of ether oxygens (including phenoxy) is 5. The van der Waals surface area contributed by atoms with E-state index in [-0.39, 0.29) is 25.4 Å². The van der Waals surface area contributed by atoms with Gasteiger partial charge in [0.1, 0.15) is 24.2 Å². The van der Waals surface area contributed by atoms with Crippen molar-refractivity contribution >= 4 is 11.9 Å². The summed E-state index contributed by atoms with van der Waals surface area (Å²) in [5, 5.41) is 64.2. The number of carboxylic acid groups (broad SMARTS) is 1. The zero-order valence-electron chi connectivity index (χ0n) is 28.6. The molecule has 8 N–H and O–H groups in total. The predicted molar refractivity (Wildman–Crippen MR) is 179 cm³/mol. The zero-order valence-corrected chi connectivity index (χ0v) is 28.6. The molecule has 0 saturated carbocycles. The van der Waals surface area contributed by atoms with Crippen LogP contribution in [0.1, 0.15) is 65.2 Å². The van der Waals surface area contributed by atoms with E-state index in [4.69, 9.17) is 29.4 Å². The minimum Gasteiger partial charge on any atom is -0.481 e. The average molecular weight is 708 g/mol. The van der Waals surface area contributed by atoms with Crippen LogP contribution in [-0.2, 0) is 33.3 Å². The van der Waals surface area contributed by atoms with Gasteiger partial charge in [0.25, 0.3) is 0 Å². The van der Waals surface area contributed by atoms with E-state index < -0.39 is 97.3 Å². The molecule has 3 saturated heterocycles. The molecule has 14 nitrogen and oxygen atoms in total.